The fourth-order valence-electron chi connectivity index (χ4n) is 2.26. The van der Waals surface area contributed by atoms with Crippen molar-refractivity contribution in [3.63, 3.8) is 0 Å². The van der Waals surface area contributed by atoms with Crippen molar-refractivity contribution >= 4 is 17.6 Å². The van der Waals surface area contributed by atoms with Gasteiger partial charge in [0, 0.05) is 27.9 Å². The smallest absolute Gasteiger partial charge is 0.0425 e. The van der Waals surface area contributed by atoms with E-state index in [-0.39, 0.29) is 12.0 Å². The lowest BCUT2D eigenvalue weighted by Crippen LogP contribution is -2.21. The second-order valence-corrected chi connectivity index (χ2v) is 5.96. The molecule has 18 heavy (non-hydrogen) atoms. The van der Waals surface area contributed by atoms with Gasteiger partial charge in [0.2, 0.25) is 0 Å². The minimum absolute atomic E-state index is 0.0566. The van der Waals surface area contributed by atoms with Crippen LogP contribution in [0.2, 0.25) is 0 Å². The van der Waals surface area contributed by atoms with E-state index in [1.165, 1.54) is 16.0 Å². The molecule has 0 saturated heterocycles. The molecule has 0 bridgehead atoms. The fraction of sp³-hybridized carbons (Fsp3) is 0.267. The Labute approximate surface area is 112 Å². The van der Waals surface area contributed by atoms with Crippen LogP contribution in [0.5, 0.6) is 0 Å². The average Bonchev–Trinajstić information content (AvgIpc) is 2.70. The molecule has 0 saturated carbocycles. The molecule has 3 N–H and O–H groups in total. The molecule has 0 fully saturated rings. The predicted octanol–water partition coefficient (Wildman–Crippen LogP) is 3.80. The van der Waals surface area contributed by atoms with Crippen LogP contribution in [0.1, 0.15) is 32.8 Å². The minimum atomic E-state index is -0.144. The molecule has 3 heteroatoms. The molecule has 2 unspecified atom stereocenters. The molecule has 94 valence electrons. The maximum atomic E-state index is 7.65. The molecule has 0 aliphatic rings. The van der Waals surface area contributed by atoms with Crippen molar-refractivity contribution in [3.8, 4) is 0 Å². The van der Waals surface area contributed by atoms with E-state index < -0.39 is 0 Å². The number of hydrogen-bond acceptors (Lipinski definition) is 3. The molecule has 0 aliphatic heterocycles. The largest absolute Gasteiger partial charge is 0.323 e. The number of nitrogens with two attached hydrogens (primary N) is 1. The number of nitrogens with one attached hydrogen (secondary N) is 1. The highest BCUT2D eigenvalue weighted by molar-refractivity contribution is 7.12. The summed E-state index contributed by atoms with van der Waals surface area (Å²) in [5.74, 6) is -0.0566. The van der Waals surface area contributed by atoms with Gasteiger partial charge in [-0.3, -0.25) is 0 Å². The number of hydrogen-bond donors (Lipinski definition) is 2. The Bertz CT molecular complexity index is 531. The molecule has 0 amide bonds. The summed E-state index contributed by atoms with van der Waals surface area (Å²) >= 11 is 1.77. The van der Waals surface area contributed by atoms with Gasteiger partial charge in [-0.25, -0.2) is 0 Å². The van der Waals surface area contributed by atoms with E-state index in [1.54, 1.807) is 11.3 Å². The Morgan fingerprint density at radius 1 is 1.22 bits per heavy atom. The molecule has 2 nitrogen and oxygen atoms in total. The first-order valence-electron chi connectivity index (χ1n) is 6.01. The van der Waals surface area contributed by atoms with Crippen molar-refractivity contribution in [1.29, 1.82) is 5.41 Å². The van der Waals surface area contributed by atoms with Gasteiger partial charge in [-0.05, 0) is 31.0 Å². The van der Waals surface area contributed by atoms with E-state index in [9.17, 15) is 0 Å². The van der Waals surface area contributed by atoms with Crippen LogP contribution >= 0.6 is 11.3 Å². The predicted molar refractivity (Wildman–Crippen MR) is 78.7 cm³/mol. The van der Waals surface area contributed by atoms with Crippen molar-refractivity contribution in [3.05, 3.63) is 57.3 Å². The van der Waals surface area contributed by atoms with E-state index in [0.717, 1.165) is 11.1 Å². The Balaban J connectivity index is 2.34. The first-order chi connectivity index (χ1) is 8.63. The third kappa shape index (κ3) is 2.52. The normalized spacial score (nSPS) is 14.2. The van der Waals surface area contributed by atoms with Crippen LogP contribution < -0.4 is 5.73 Å². The molecule has 2 rings (SSSR count). The lowest BCUT2D eigenvalue weighted by molar-refractivity contribution is 0.678. The maximum Gasteiger partial charge on any atom is 0.0425 e. The Morgan fingerprint density at radius 3 is 2.39 bits per heavy atom. The number of benzene rings is 1. The molecule has 0 radical (unpaired) electrons. The number of rotatable bonds is 4. The van der Waals surface area contributed by atoms with E-state index in [2.05, 4.69) is 19.9 Å². The summed E-state index contributed by atoms with van der Waals surface area (Å²) in [6.45, 7) is 4.19. The standard InChI is InChI=1S/C15H18N2S/c1-10-8-13(11(2)18-10)15(17)14(9-16)12-6-4-3-5-7-12/h3-9,14-16H,17H2,1-2H3. The molecule has 2 atom stereocenters. The molecular formula is C15H18N2S. The Kier molecular flexibility index (Phi) is 3.94. The van der Waals surface area contributed by atoms with Crippen molar-refractivity contribution in [2.45, 2.75) is 25.8 Å². The molecule has 0 spiro atoms. The second-order valence-electron chi connectivity index (χ2n) is 4.50. The summed E-state index contributed by atoms with van der Waals surface area (Å²) in [5, 5.41) is 7.65. The van der Waals surface area contributed by atoms with Crippen LogP contribution in [0.3, 0.4) is 0 Å². The van der Waals surface area contributed by atoms with E-state index in [4.69, 9.17) is 11.1 Å². The monoisotopic (exact) mass is 258 g/mol. The van der Waals surface area contributed by atoms with Gasteiger partial charge in [0.25, 0.3) is 0 Å². The van der Waals surface area contributed by atoms with Crippen LogP contribution in [-0.2, 0) is 0 Å². The second kappa shape index (κ2) is 5.46. The van der Waals surface area contributed by atoms with Crippen molar-refractivity contribution in [2.24, 2.45) is 5.73 Å². The van der Waals surface area contributed by atoms with Gasteiger partial charge in [-0.15, -0.1) is 11.3 Å². The zero-order valence-electron chi connectivity index (χ0n) is 10.7. The molecule has 1 aromatic carbocycles. The molecular weight excluding hydrogens is 240 g/mol. The molecule has 2 aromatic rings. The van der Waals surface area contributed by atoms with Crippen LogP contribution in [0, 0.1) is 19.3 Å². The topological polar surface area (TPSA) is 49.9 Å². The number of aryl methyl sites for hydroxylation is 2. The molecule has 1 heterocycles. The Hall–Kier alpha value is -1.45. The van der Waals surface area contributed by atoms with Gasteiger partial charge >= 0.3 is 0 Å². The molecule has 0 aliphatic carbocycles. The van der Waals surface area contributed by atoms with Crippen LogP contribution in [0.15, 0.2) is 36.4 Å². The van der Waals surface area contributed by atoms with Crippen molar-refractivity contribution < 1.29 is 0 Å². The summed E-state index contributed by atoms with van der Waals surface area (Å²) < 4.78 is 0. The summed E-state index contributed by atoms with van der Waals surface area (Å²) in [5.41, 5.74) is 8.61. The quantitative estimate of drug-likeness (QED) is 0.805. The van der Waals surface area contributed by atoms with Gasteiger partial charge in [-0.2, -0.15) is 0 Å². The summed E-state index contributed by atoms with van der Waals surface area (Å²) in [4.78, 5) is 2.53. The van der Waals surface area contributed by atoms with E-state index in [0.29, 0.717) is 0 Å². The lowest BCUT2D eigenvalue weighted by atomic mass is 9.88. The summed E-state index contributed by atoms with van der Waals surface area (Å²) in [7, 11) is 0. The van der Waals surface area contributed by atoms with Crippen LogP contribution in [-0.4, -0.2) is 6.21 Å². The number of thiophene rings is 1. The first-order valence-corrected chi connectivity index (χ1v) is 6.83. The first kappa shape index (κ1) is 13.0. The fourth-order valence-corrected chi connectivity index (χ4v) is 3.24. The van der Waals surface area contributed by atoms with E-state index >= 15 is 0 Å². The van der Waals surface area contributed by atoms with Gasteiger partial charge in [0.15, 0.2) is 0 Å². The lowest BCUT2D eigenvalue weighted by Gasteiger charge is -2.20. The third-order valence-electron chi connectivity index (χ3n) is 3.19. The van der Waals surface area contributed by atoms with Gasteiger partial charge < -0.3 is 11.1 Å². The minimum Gasteiger partial charge on any atom is -0.323 e. The van der Waals surface area contributed by atoms with Crippen molar-refractivity contribution in [1.82, 2.24) is 0 Å². The highest BCUT2D eigenvalue weighted by atomic mass is 32.1. The van der Waals surface area contributed by atoms with Crippen LogP contribution in [0.25, 0.3) is 0 Å². The zero-order chi connectivity index (χ0) is 13.1. The Morgan fingerprint density at radius 2 is 1.89 bits per heavy atom. The molecule has 1 aromatic heterocycles. The average molecular weight is 258 g/mol. The summed E-state index contributed by atoms with van der Waals surface area (Å²) in [6.07, 6.45) is 1.45. The van der Waals surface area contributed by atoms with E-state index in [1.807, 2.05) is 30.3 Å². The zero-order valence-corrected chi connectivity index (χ0v) is 11.5. The maximum absolute atomic E-state index is 7.65. The summed E-state index contributed by atoms with van der Waals surface area (Å²) in [6, 6.07) is 12.0. The SMILES string of the molecule is Cc1cc(C(N)C(C=N)c2ccccc2)c(C)s1. The van der Waals surface area contributed by atoms with Gasteiger partial charge in [-0.1, -0.05) is 30.3 Å². The highest BCUT2D eigenvalue weighted by Gasteiger charge is 2.21. The van der Waals surface area contributed by atoms with Crippen LogP contribution in [0.4, 0.5) is 0 Å². The van der Waals surface area contributed by atoms with Crippen molar-refractivity contribution in [2.75, 3.05) is 0 Å². The van der Waals surface area contributed by atoms with Gasteiger partial charge in [0.05, 0.1) is 0 Å². The highest BCUT2D eigenvalue weighted by Crippen LogP contribution is 2.33. The van der Waals surface area contributed by atoms with Gasteiger partial charge in [0.1, 0.15) is 0 Å². The third-order valence-corrected chi connectivity index (χ3v) is 4.17.